The van der Waals surface area contributed by atoms with E-state index in [9.17, 15) is 4.79 Å². The van der Waals surface area contributed by atoms with E-state index in [4.69, 9.17) is 11.6 Å². The van der Waals surface area contributed by atoms with E-state index >= 15 is 0 Å². The van der Waals surface area contributed by atoms with E-state index < -0.39 is 5.41 Å². The van der Waals surface area contributed by atoms with Crippen molar-refractivity contribution in [3.63, 3.8) is 0 Å². The number of thiophene rings is 1. The van der Waals surface area contributed by atoms with Gasteiger partial charge in [-0.2, -0.15) is 9.78 Å². The van der Waals surface area contributed by atoms with E-state index in [2.05, 4.69) is 15.7 Å². The van der Waals surface area contributed by atoms with Crippen LogP contribution in [0.2, 0.25) is 4.34 Å². The zero-order valence-corrected chi connectivity index (χ0v) is 15.8. The molecule has 0 saturated carbocycles. The molecule has 2 N–H and O–H groups in total. The van der Waals surface area contributed by atoms with Gasteiger partial charge in [0.25, 0.3) is 5.91 Å². The number of nitrogens with one attached hydrogen (secondary N) is 2. The van der Waals surface area contributed by atoms with Gasteiger partial charge in [-0.15, -0.1) is 11.3 Å². The van der Waals surface area contributed by atoms with Gasteiger partial charge >= 0.3 is 0 Å². The first kappa shape index (κ1) is 17.5. The SMILES string of the molecule is CC(C)(C)C(=O)n1nc(C2CCNC2)cc1NCc1ccc(Cl)s1. The summed E-state index contributed by atoms with van der Waals surface area (Å²) in [6, 6.07) is 5.89. The zero-order valence-electron chi connectivity index (χ0n) is 14.2. The summed E-state index contributed by atoms with van der Waals surface area (Å²) in [5.41, 5.74) is 0.490. The minimum atomic E-state index is -0.486. The van der Waals surface area contributed by atoms with Gasteiger partial charge in [-0.1, -0.05) is 32.4 Å². The summed E-state index contributed by atoms with van der Waals surface area (Å²) in [4.78, 5) is 13.9. The smallest absolute Gasteiger partial charge is 0.254 e. The van der Waals surface area contributed by atoms with Crippen LogP contribution in [0.3, 0.4) is 0 Å². The molecule has 0 bridgehead atoms. The Bertz CT molecular complexity index is 725. The molecular formula is C17H23ClN4OS. The van der Waals surface area contributed by atoms with Gasteiger partial charge < -0.3 is 10.6 Å². The molecule has 1 unspecified atom stereocenters. The van der Waals surface area contributed by atoms with Crippen LogP contribution in [0, 0.1) is 5.41 Å². The molecule has 2 aromatic heterocycles. The molecule has 0 aromatic carbocycles. The number of anilines is 1. The summed E-state index contributed by atoms with van der Waals surface area (Å²) in [5.74, 6) is 1.11. The summed E-state index contributed by atoms with van der Waals surface area (Å²) >= 11 is 7.52. The average Bonchev–Trinajstić information content (AvgIpc) is 3.23. The zero-order chi connectivity index (χ0) is 17.3. The van der Waals surface area contributed by atoms with Crippen molar-refractivity contribution in [3.05, 3.63) is 33.1 Å². The lowest BCUT2D eigenvalue weighted by atomic mass is 9.96. The van der Waals surface area contributed by atoms with Crippen LogP contribution in [0.5, 0.6) is 0 Å². The molecule has 2 aromatic rings. The number of rotatable bonds is 4. The predicted molar refractivity (Wildman–Crippen MR) is 99.2 cm³/mol. The molecule has 3 heterocycles. The minimum absolute atomic E-state index is 0.00795. The van der Waals surface area contributed by atoms with Gasteiger partial charge in [0.2, 0.25) is 0 Å². The Balaban J connectivity index is 1.85. The van der Waals surface area contributed by atoms with E-state index in [1.165, 1.54) is 16.0 Å². The second-order valence-electron chi connectivity index (χ2n) is 7.17. The van der Waals surface area contributed by atoms with Crippen LogP contribution in [0.25, 0.3) is 0 Å². The molecular weight excluding hydrogens is 344 g/mol. The lowest BCUT2D eigenvalue weighted by Crippen LogP contribution is -2.29. The highest BCUT2D eigenvalue weighted by molar-refractivity contribution is 7.16. The van der Waals surface area contributed by atoms with Crippen LogP contribution in [-0.4, -0.2) is 28.8 Å². The first-order valence-corrected chi connectivity index (χ1v) is 9.37. The molecule has 1 fully saturated rings. The number of hydrogen-bond donors (Lipinski definition) is 2. The highest BCUT2D eigenvalue weighted by Gasteiger charge is 2.28. The van der Waals surface area contributed by atoms with Crippen molar-refractivity contribution in [2.75, 3.05) is 18.4 Å². The summed E-state index contributed by atoms with van der Waals surface area (Å²) < 4.78 is 2.30. The van der Waals surface area contributed by atoms with Crippen molar-refractivity contribution < 1.29 is 4.79 Å². The fourth-order valence-electron chi connectivity index (χ4n) is 2.73. The van der Waals surface area contributed by atoms with E-state index in [0.29, 0.717) is 12.5 Å². The molecule has 5 nitrogen and oxygen atoms in total. The molecule has 3 rings (SSSR count). The van der Waals surface area contributed by atoms with Crippen molar-refractivity contribution in [3.8, 4) is 0 Å². The van der Waals surface area contributed by atoms with Gasteiger partial charge in [0.15, 0.2) is 0 Å². The van der Waals surface area contributed by atoms with Crippen LogP contribution >= 0.6 is 22.9 Å². The Labute approximate surface area is 151 Å². The van der Waals surface area contributed by atoms with Crippen molar-refractivity contribution in [2.45, 2.75) is 39.7 Å². The van der Waals surface area contributed by atoms with Crippen molar-refractivity contribution in [2.24, 2.45) is 5.41 Å². The molecule has 24 heavy (non-hydrogen) atoms. The standard InChI is InChI=1S/C17H23ClN4OS/c1-17(2,3)16(23)22-15(20-10-12-4-5-14(18)24-12)8-13(21-22)11-6-7-19-9-11/h4-5,8,11,19-20H,6-7,9-10H2,1-3H3. The summed E-state index contributed by atoms with van der Waals surface area (Å²) in [6.07, 6.45) is 1.06. The van der Waals surface area contributed by atoms with Crippen LogP contribution in [0.4, 0.5) is 5.82 Å². The lowest BCUT2D eigenvalue weighted by Gasteiger charge is -2.18. The molecule has 1 atom stereocenters. The first-order chi connectivity index (χ1) is 11.3. The third kappa shape index (κ3) is 3.82. The van der Waals surface area contributed by atoms with E-state index in [-0.39, 0.29) is 5.91 Å². The van der Waals surface area contributed by atoms with Crippen LogP contribution in [0.1, 0.15) is 48.5 Å². The van der Waals surface area contributed by atoms with Gasteiger partial charge in [-0.3, -0.25) is 4.79 Å². The maximum Gasteiger partial charge on any atom is 0.254 e. The maximum absolute atomic E-state index is 12.8. The molecule has 7 heteroatoms. The third-order valence-electron chi connectivity index (χ3n) is 4.11. The second-order valence-corrected chi connectivity index (χ2v) is 8.97. The Morgan fingerprint density at radius 3 is 2.88 bits per heavy atom. The highest BCUT2D eigenvalue weighted by atomic mass is 35.5. The first-order valence-electron chi connectivity index (χ1n) is 8.18. The highest BCUT2D eigenvalue weighted by Crippen LogP contribution is 2.28. The average molecular weight is 367 g/mol. The molecule has 1 aliphatic heterocycles. The lowest BCUT2D eigenvalue weighted by molar-refractivity contribution is 0.0751. The number of hydrogen-bond acceptors (Lipinski definition) is 5. The van der Waals surface area contributed by atoms with Gasteiger partial charge in [0.1, 0.15) is 5.82 Å². The monoisotopic (exact) mass is 366 g/mol. The maximum atomic E-state index is 12.8. The molecule has 1 saturated heterocycles. The fourth-order valence-corrected chi connectivity index (χ4v) is 3.76. The topological polar surface area (TPSA) is 59.0 Å². The van der Waals surface area contributed by atoms with Crippen molar-refractivity contribution >= 4 is 34.7 Å². The Hall–Kier alpha value is -1.37. The van der Waals surface area contributed by atoms with Crippen molar-refractivity contribution in [1.29, 1.82) is 0 Å². The third-order valence-corrected chi connectivity index (χ3v) is 5.34. The largest absolute Gasteiger partial charge is 0.365 e. The number of carbonyl (C=O) groups excluding carboxylic acids is 1. The quantitative estimate of drug-likeness (QED) is 0.859. The Morgan fingerprint density at radius 2 is 2.29 bits per heavy atom. The van der Waals surface area contributed by atoms with E-state index in [1.54, 1.807) is 0 Å². The summed E-state index contributed by atoms with van der Waals surface area (Å²) in [5, 5.41) is 11.3. The van der Waals surface area contributed by atoms with Gasteiger partial charge in [0.05, 0.1) is 16.6 Å². The molecule has 0 amide bonds. The summed E-state index contributed by atoms with van der Waals surface area (Å²) in [6.45, 7) is 8.29. The van der Waals surface area contributed by atoms with E-state index in [0.717, 1.165) is 40.2 Å². The second kappa shape index (κ2) is 6.86. The molecule has 0 spiro atoms. The predicted octanol–water partition coefficient (Wildman–Crippen LogP) is 3.97. The van der Waals surface area contributed by atoms with Gasteiger partial charge in [0, 0.05) is 28.8 Å². The number of carbonyl (C=O) groups is 1. The number of nitrogens with zero attached hydrogens (tertiary/aromatic N) is 2. The summed E-state index contributed by atoms with van der Waals surface area (Å²) in [7, 11) is 0. The number of halogens is 1. The molecule has 0 radical (unpaired) electrons. The fraction of sp³-hybridized carbons (Fsp3) is 0.529. The van der Waals surface area contributed by atoms with Crippen LogP contribution in [0.15, 0.2) is 18.2 Å². The Morgan fingerprint density at radius 1 is 1.50 bits per heavy atom. The molecule has 0 aliphatic carbocycles. The normalized spacial score (nSPS) is 18.1. The molecule has 1 aliphatic rings. The van der Waals surface area contributed by atoms with Crippen LogP contribution in [-0.2, 0) is 6.54 Å². The number of aromatic nitrogens is 2. The minimum Gasteiger partial charge on any atom is -0.365 e. The van der Waals surface area contributed by atoms with Crippen LogP contribution < -0.4 is 10.6 Å². The van der Waals surface area contributed by atoms with E-state index in [1.807, 2.05) is 39.0 Å². The molecule has 130 valence electrons. The van der Waals surface area contributed by atoms with Gasteiger partial charge in [-0.05, 0) is 25.1 Å². The van der Waals surface area contributed by atoms with Gasteiger partial charge in [-0.25, -0.2) is 0 Å². The van der Waals surface area contributed by atoms with Crippen molar-refractivity contribution in [1.82, 2.24) is 15.1 Å². The Kier molecular flexibility index (Phi) is 4.99.